The van der Waals surface area contributed by atoms with Crippen molar-refractivity contribution >= 4 is 57.6 Å². The summed E-state index contributed by atoms with van der Waals surface area (Å²) in [5.41, 5.74) is 0.851. The highest BCUT2D eigenvalue weighted by Crippen LogP contribution is 2.35. The number of phenolic OH excluding ortho intramolecular Hbond substituents is 1. The Kier molecular flexibility index (Phi) is 8.06. The van der Waals surface area contributed by atoms with Crippen molar-refractivity contribution in [1.29, 1.82) is 0 Å². The van der Waals surface area contributed by atoms with E-state index in [1.807, 2.05) is 36.4 Å². The molecule has 0 spiro atoms. The Morgan fingerprint density at radius 2 is 1.94 bits per heavy atom. The number of nitrogens with zero attached hydrogens (tertiary/aromatic N) is 2. The second-order valence-electron chi connectivity index (χ2n) is 7.57. The zero-order valence-corrected chi connectivity index (χ0v) is 23.3. The third-order valence-electron chi connectivity index (χ3n) is 5.35. The number of fused-ring (bicyclic) bond motifs is 1. The first-order chi connectivity index (χ1) is 17.3. The molecule has 0 bridgehead atoms. The molecule has 0 saturated heterocycles. The van der Waals surface area contributed by atoms with Gasteiger partial charge in [0.05, 0.1) is 40.0 Å². The molecule has 188 valence electrons. The van der Waals surface area contributed by atoms with Gasteiger partial charge in [-0.3, -0.25) is 9.36 Å². The van der Waals surface area contributed by atoms with Gasteiger partial charge in [0, 0.05) is 16.8 Å². The number of phenols is 1. The number of hydrogen-bond acceptors (Lipinski definition) is 8. The van der Waals surface area contributed by atoms with E-state index in [4.69, 9.17) is 25.8 Å². The fraction of sp³-hybridized carbons (Fsp3) is 0.240. The van der Waals surface area contributed by atoms with Gasteiger partial charge in [0.15, 0.2) is 16.3 Å². The second-order valence-corrected chi connectivity index (χ2v) is 10.2. The Labute approximate surface area is 229 Å². The van der Waals surface area contributed by atoms with Gasteiger partial charge >= 0.3 is 5.97 Å². The Bertz CT molecular complexity index is 1550. The average molecular weight is 641 g/mol. The van der Waals surface area contributed by atoms with Gasteiger partial charge in [0.2, 0.25) is 0 Å². The molecule has 4 rings (SSSR count). The number of thiazole rings is 1. The Hall–Kier alpha value is -2.83. The van der Waals surface area contributed by atoms with Crippen LogP contribution in [0.1, 0.15) is 31.0 Å². The smallest absolute Gasteiger partial charge is 0.337 e. The zero-order valence-electron chi connectivity index (χ0n) is 19.6. The minimum atomic E-state index is -0.807. The van der Waals surface area contributed by atoms with E-state index in [0.717, 1.165) is 11.3 Å². The molecule has 2 aromatic carbocycles. The highest BCUT2D eigenvalue weighted by molar-refractivity contribution is 14.1. The number of aromatic nitrogens is 1. The van der Waals surface area contributed by atoms with Crippen LogP contribution >= 0.6 is 45.5 Å². The molecule has 1 aliphatic rings. The van der Waals surface area contributed by atoms with Gasteiger partial charge in [0.25, 0.3) is 5.56 Å². The van der Waals surface area contributed by atoms with E-state index in [2.05, 4.69) is 4.99 Å². The molecule has 8 nitrogen and oxygen atoms in total. The molecule has 0 aliphatic carbocycles. The van der Waals surface area contributed by atoms with Gasteiger partial charge in [-0.1, -0.05) is 29.0 Å². The lowest BCUT2D eigenvalue weighted by atomic mass is 9.97. The summed E-state index contributed by atoms with van der Waals surface area (Å²) in [6.07, 6.45) is 2.98. The molecule has 0 fully saturated rings. The first-order valence-electron chi connectivity index (χ1n) is 11.0. The number of ether oxygens (including phenoxy) is 3. The first-order valence-corrected chi connectivity index (χ1v) is 13.2. The number of halogens is 2. The average Bonchev–Trinajstić information content (AvgIpc) is 3.17. The summed E-state index contributed by atoms with van der Waals surface area (Å²) in [5.74, 6) is 0.473. The lowest BCUT2D eigenvalue weighted by Crippen LogP contribution is -2.39. The minimum absolute atomic E-state index is 0.0190. The van der Waals surface area contributed by atoms with Gasteiger partial charge in [-0.2, -0.15) is 0 Å². The van der Waals surface area contributed by atoms with Crippen molar-refractivity contribution in [3.63, 3.8) is 0 Å². The molecule has 36 heavy (non-hydrogen) atoms. The number of carbonyl (C=O) groups excluding carboxylic acids is 1. The van der Waals surface area contributed by atoms with Crippen LogP contribution in [0.2, 0.25) is 5.02 Å². The largest absolute Gasteiger partial charge is 0.506 e. The van der Waals surface area contributed by atoms with Crippen LogP contribution < -0.4 is 24.4 Å². The lowest BCUT2D eigenvalue weighted by molar-refractivity contribution is -0.136. The van der Waals surface area contributed by atoms with Crippen molar-refractivity contribution in [2.75, 3.05) is 20.3 Å². The van der Waals surface area contributed by atoms with Gasteiger partial charge < -0.3 is 19.3 Å². The fourth-order valence-electron chi connectivity index (χ4n) is 3.82. The van der Waals surface area contributed by atoms with Crippen molar-refractivity contribution in [2.24, 2.45) is 4.99 Å². The van der Waals surface area contributed by atoms with Crippen LogP contribution in [0.5, 0.6) is 17.2 Å². The van der Waals surface area contributed by atoms with E-state index in [-0.39, 0.29) is 16.9 Å². The van der Waals surface area contributed by atoms with Gasteiger partial charge in [-0.25, -0.2) is 9.79 Å². The van der Waals surface area contributed by atoms with E-state index >= 15 is 0 Å². The Morgan fingerprint density at radius 1 is 1.22 bits per heavy atom. The molecule has 0 amide bonds. The molecule has 1 atom stereocenters. The maximum atomic E-state index is 13.6. The van der Waals surface area contributed by atoms with Crippen LogP contribution in [0.4, 0.5) is 0 Å². The number of benzene rings is 2. The van der Waals surface area contributed by atoms with Gasteiger partial charge in [0.1, 0.15) is 5.75 Å². The number of methoxy groups -OCH3 is 1. The molecular formula is C25H22ClIN2O6S. The van der Waals surface area contributed by atoms with Crippen LogP contribution in [-0.4, -0.2) is 36.0 Å². The van der Waals surface area contributed by atoms with Crippen LogP contribution in [0.15, 0.2) is 51.9 Å². The predicted molar refractivity (Wildman–Crippen MR) is 146 cm³/mol. The third-order valence-corrected chi connectivity index (χ3v) is 7.39. The highest BCUT2D eigenvalue weighted by Gasteiger charge is 2.31. The fourth-order valence-corrected chi connectivity index (χ4v) is 5.84. The lowest BCUT2D eigenvalue weighted by Gasteiger charge is -2.23. The summed E-state index contributed by atoms with van der Waals surface area (Å²) >= 11 is 9.28. The Morgan fingerprint density at radius 3 is 2.64 bits per heavy atom. The van der Waals surface area contributed by atoms with Gasteiger partial charge in [-0.05, 0) is 72.3 Å². The second kappa shape index (κ2) is 11.1. The molecule has 0 saturated carbocycles. The minimum Gasteiger partial charge on any atom is -0.506 e. The number of esters is 1. The van der Waals surface area contributed by atoms with Gasteiger partial charge in [-0.15, -0.1) is 0 Å². The van der Waals surface area contributed by atoms with Crippen LogP contribution in [0.3, 0.4) is 0 Å². The summed E-state index contributed by atoms with van der Waals surface area (Å²) in [7, 11) is 1.28. The molecule has 1 aliphatic heterocycles. The predicted octanol–water partition coefficient (Wildman–Crippen LogP) is 3.78. The zero-order chi connectivity index (χ0) is 26.0. The molecule has 2 heterocycles. The normalized spacial score (nSPS) is 15.1. The summed E-state index contributed by atoms with van der Waals surface area (Å²) in [6, 6.07) is 7.68. The van der Waals surface area contributed by atoms with Crippen molar-refractivity contribution < 1.29 is 24.1 Å². The van der Waals surface area contributed by atoms with E-state index < -0.39 is 12.0 Å². The van der Waals surface area contributed by atoms with E-state index in [1.165, 1.54) is 17.9 Å². The molecule has 11 heteroatoms. The number of carbonyl (C=O) groups is 1. The van der Waals surface area contributed by atoms with Crippen molar-refractivity contribution in [2.45, 2.75) is 19.9 Å². The molecule has 3 aromatic rings. The molecule has 0 unspecified atom stereocenters. The molecule has 1 aromatic heterocycles. The third kappa shape index (κ3) is 5.02. The van der Waals surface area contributed by atoms with E-state index in [9.17, 15) is 14.7 Å². The first kappa shape index (κ1) is 26.2. The maximum absolute atomic E-state index is 13.6. The van der Waals surface area contributed by atoms with Crippen molar-refractivity contribution in [3.8, 4) is 17.2 Å². The Balaban J connectivity index is 1.93. The summed E-state index contributed by atoms with van der Waals surface area (Å²) in [5, 5.41) is 10.9. The van der Waals surface area contributed by atoms with Crippen LogP contribution in [-0.2, 0) is 9.53 Å². The number of rotatable bonds is 7. The quantitative estimate of drug-likeness (QED) is 0.312. The summed E-state index contributed by atoms with van der Waals surface area (Å²) in [4.78, 5) is 31.1. The number of aromatic hydroxyl groups is 1. The standard InChI is InChI=1S/C25H22ClIN2O6S/c1-4-34-18-7-6-13(9-19(18)35-5-2)21-16(24(32)33-3)12-28-25-29(21)23(31)20(36-25)10-14-8-15(26)11-17(27)22(14)30/h6-12,21,30H,4-5H2,1-3H3/b20-10-/t21-/m0/s1. The van der Waals surface area contributed by atoms with Crippen molar-refractivity contribution in [3.05, 3.63) is 81.5 Å². The van der Waals surface area contributed by atoms with E-state index in [1.54, 1.807) is 36.4 Å². The molecule has 0 radical (unpaired) electrons. The van der Waals surface area contributed by atoms with E-state index in [0.29, 0.717) is 53.8 Å². The molecular weight excluding hydrogens is 619 g/mol. The number of hydrogen-bond donors (Lipinski definition) is 1. The topological polar surface area (TPSA) is 99.4 Å². The summed E-state index contributed by atoms with van der Waals surface area (Å²) in [6.45, 7) is 4.60. The SMILES string of the molecule is CCOc1ccc([C@H]2C(C(=O)OC)=CN=c3s/c(=C\c4cc(Cl)cc(I)c4O)c(=O)n32)cc1OCC. The molecule has 1 N–H and O–H groups in total. The maximum Gasteiger partial charge on any atom is 0.337 e. The van der Waals surface area contributed by atoms with Crippen molar-refractivity contribution in [1.82, 2.24) is 4.57 Å². The van der Waals surface area contributed by atoms with Crippen LogP contribution in [0, 0.1) is 3.57 Å². The van der Waals surface area contributed by atoms with Crippen LogP contribution in [0.25, 0.3) is 6.08 Å². The monoisotopic (exact) mass is 640 g/mol. The highest BCUT2D eigenvalue weighted by atomic mass is 127. The summed E-state index contributed by atoms with van der Waals surface area (Å²) < 4.78 is 18.7.